The minimum Gasteiger partial charge on any atom is -0.491 e. The Morgan fingerprint density at radius 2 is 1.71 bits per heavy atom. The van der Waals surface area contributed by atoms with E-state index in [-0.39, 0.29) is 12.4 Å². The summed E-state index contributed by atoms with van der Waals surface area (Å²) in [5.74, 6) is -1.75. The van der Waals surface area contributed by atoms with Crippen LogP contribution >= 0.6 is 0 Å². The van der Waals surface area contributed by atoms with Gasteiger partial charge in [-0.05, 0) is 39.0 Å². The number of amides is 2. The Balaban J connectivity index is 1.52. The number of nitrogens with zero attached hydrogens (tertiary/aromatic N) is 2. The number of aromatic nitrogens is 2. The Morgan fingerprint density at radius 3 is 2.37 bits per heavy atom. The lowest BCUT2D eigenvalue weighted by molar-refractivity contribution is -0.111. The Bertz CT molecular complexity index is 1200. The molecule has 8 nitrogen and oxygen atoms in total. The number of carbonyl (C=O) groups excluding carboxylic acids is 2. The first-order chi connectivity index (χ1) is 16.6. The lowest BCUT2D eigenvalue weighted by atomic mass is 10.2. The predicted octanol–water partition coefficient (Wildman–Crippen LogP) is 5.24. The second-order valence-corrected chi connectivity index (χ2v) is 8.49. The van der Waals surface area contributed by atoms with Crippen molar-refractivity contribution in [3.8, 4) is 5.75 Å². The number of para-hydroxylation sites is 2. The van der Waals surface area contributed by atoms with E-state index in [1.54, 1.807) is 68.2 Å². The van der Waals surface area contributed by atoms with E-state index in [2.05, 4.69) is 15.7 Å². The third-order valence-electron chi connectivity index (χ3n) is 4.33. The molecule has 184 valence electrons. The molecule has 0 unspecified atom stereocenters. The smallest absolute Gasteiger partial charge is 0.412 e. The van der Waals surface area contributed by atoms with Crippen molar-refractivity contribution in [2.24, 2.45) is 0 Å². The fraction of sp³-hybridized carbons (Fsp3) is 0.240. The highest BCUT2D eigenvalue weighted by Crippen LogP contribution is 2.22. The number of ether oxygens (including phenoxy) is 2. The number of rotatable bonds is 8. The van der Waals surface area contributed by atoms with Crippen molar-refractivity contribution in [1.29, 1.82) is 0 Å². The quantitative estimate of drug-likeness (QED) is 0.427. The van der Waals surface area contributed by atoms with Gasteiger partial charge in [-0.3, -0.25) is 14.8 Å². The number of nitrogens with one attached hydrogen (secondary N) is 2. The van der Waals surface area contributed by atoms with Gasteiger partial charge in [0.1, 0.15) is 29.6 Å². The third-order valence-corrected chi connectivity index (χ3v) is 4.33. The van der Waals surface area contributed by atoms with Crippen molar-refractivity contribution in [3.05, 3.63) is 78.1 Å². The second kappa shape index (κ2) is 11.3. The molecule has 3 rings (SSSR count). The molecule has 0 spiro atoms. The van der Waals surface area contributed by atoms with Crippen LogP contribution in [0.4, 0.5) is 25.0 Å². The maximum absolute atomic E-state index is 13.2. The van der Waals surface area contributed by atoms with Crippen LogP contribution in [0.3, 0.4) is 0 Å². The summed E-state index contributed by atoms with van der Waals surface area (Å²) in [6.45, 7) is 5.75. The van der Waals surface area contributed by atoms with Crippen LogP contribution in [0.2, 0.25) is 0 Å². The van der Waals surface area contributed by atoms with Gasteiger partial charge in [0.05, 0.1) is 24.1 Å². The molecular weight excluding hydrogens is 458 g/mol. The summed E-state index contributed by atoms with van der Waals surface area (Å²) < 4.78 is 38.6. The molecule has 2 N–H and O–H groups in total. The van der Waals surface area contributed by atoms with E-state index in [1.807, 2.05) is 0 Å². The molecule has 0 aliphatic rings. The van der Waals surface area contributed by atoms with Gasteiger partial charge < -0.3 is 14.8 Å². The van der Waals surface area contributed by atoms with Crippen LogP contribution < -0.4 is 15.4 Å². The molecule has 0 aliphatic heterocycles. The van der Waals surface area contributed by atoms with Gasteiger partial charge in [0, 0.05) is 36.0 Å². The number of anilines is 2. The normalized spacial score (nSPS) is 11.3. The third kappa shape index (κ3) is 8.58. The van der Waals surface area contributed by atoms with E-state index in [4.69, 9.17) is 9.47 Å². The maximum Gasteiger partial charge on any atom is 0.412 e. The van der Waals surface area contributed by atoms with Crippen molar-refractivity contribution >= 4 is 29.5 Å². The lowest BCUT2D eigenvalue weighted by Crippen LogP contribution is -2.27. The van der Waals surface area contributed by atoms with Gasteiger partial charge in [-0.15, -0.1) is 0 Å². The Hall–Kier alpha value is -4.21. The van der Waals surface area contributed by atoms with Crippen LogP contribution in [0.15, 0.2) is 60.9 Å². The summed E-state index contributed by atoms with van der Waals surface area (Å²) in [5, 5.41) is 9.50. The first kappa shape index (κ1) is 25.4. The molecule has 2 aromatic carbocycles. The molecule has 0 radical (unpaired) electrons. The van der Waals surface area contributed by atoms with Crippen LogP contribution in [-0.4, -0.2) is 34.0 Å². The molecule has 0 fully saturated rings. The molecule has 0 saturated carbocycles. The molecular formula is C25H26F2N4O4. The van der Waals surface area contributed by atoms with E-state index in [0.717, 1.165) is 18.2 Å². The highest BCUT2D eigenvalue weighted by atomic mass is 19.1. The average molecular weight is 485 g/mol. The van der Waals surface area contributed by atoms with E-state index < -0.39 is 29.2 Å². The van der Waals surface area contributed by atoms with Crippen LogP contribution in [-0.2, 0) is 16.1 Å². The summed E-state index contributed by atoms with van der Waals surface area (Å²) in [4.78, 5) is 24.4. The van der Waals surface area contributed by atoms with Crippen molar-refractivity contribution in [2.75, 3.05) is 17.2 Å². The fourth-order valence-electron chi connectivity index (χ4n) is 2.92. The number of hydrogen-bond donors (Lipinski definition) is 2. The van der Waals surface area contributed by atoms with Gasteiger partial charge in [0.15, 0.2) is 0 Å². The minimum absolute atomic E-state index is 0.0906. The highest BCUT2D eigenvalue weighted by Gasteiger charge is 2.17. The Kier molecular flexibility index (Phi) is 8.19. The largest absolute Gasteiger partial charge is 0.491 e. The van der Waals surface area contributed by atoms with Crippen LogP contribution in [0.1, 0.15) is 26.3 Å². The zero-order valence-electron chi connectivity index (χ0n) is 19.5. The summed E-state index contributed by atoms with van der Waals surface area (Å²) in [5.41, 5.74) is 0.820. The topological polar surface area (TPSA) is 94.5 Å². The second-order valence-electron chi connectivity index (χ2n) is 8.49. The van der Waals surface area contributed by atoms with Gasteiger partial charge in [0.2, 0.25) is 5.91 Å². The van der Waals surface area contributed by atoms with Crippen LogP contribution in [0.5, 0.6) is 5.75 Å². The maximum atomic E-state index is 13.2. The molecule has 0 bridgehead atoms. The molecule has 1 heterocycles. The predicted molar refractivity (Wildman–Crippen MR) is 128 cm³/mol. The molecule has 1 aromatic heterocycles. The molecule has 35 heavy (non-hydrogen) atoms. The Morgan fingerprint density at radius 1 is 1.06 bits per heavy atom. The van der Waals surface area contributed by atoms with E-state index in [0.29, 0.717) is 23.5 Å². The van der Waals surface area contributed by atoms with Gasteiger partial charge in [-0.1, -0.05) is 12.1 Å². The fourth-order valence-corrected chi connectivity index (χ4v) is 2.92. The lowest BCUT2D eigenvalue weighted by Gasteiger charge is -2.20. The first-order valence-electron chi connectivity index (χ1n) is 10.8. The van der Waals surface area contributed by atoms with E-state index in [9.17, 15) is 18.4 Å². The number of hydrogen-bond acceptors (Lipinski definition) is 5. The summed E-state index contributed by atoms with van der Waals surface area (Å²) in [7, 11) is 0. The van der Waals surface area contributed by atoms with Gasteiger partial charge in [-0.25, -0.2) is 13.6 Å². The van der Waals surface area contributed by atoms with Crippen molar-refractivity contribution in [1.82, 2.24) is 9.78 Å². The van der Waals surface area contributed by atoms with E-state index in [1.165, 1.54) is 6.08 Å². The molecule has 0 aliphatic carbocycles. The number of halogens is 2. The summed E-state index contributed by atoms with van der Waals surface area (Å²) in [6, 6.07) is 9.71. The number of benzene rings is 2. The van der Waals surface area contributed by atoms with Crippen molar-refractivity contribution in [2.45, 2.75) is 32.9 Å². The zero-order chi connectivity index (χ0) is 25.4. The summed E-state index contributed by atoms with van der Waals surface area (Å²) in [6.07, 6.45) is 5.53. The molecule has 0 atom stereocenters. The standard InChI is InChI=1S/C25H26F2N4O4/c1-25(2,3)35-24(33)30-22-7-5-4-6-21(22)29-23(32)9-8-17-15-28-31(16-17)10-11-34-20-13-18(26)12-19(27)14-20/h4-9,12-16H,10-11H2,1-3H3,(H,29,32)(H,30,33)/b9-8+. The van der Waals surface area contributed by atoms with Crippen molar-refractivity contribution in [3.63, 3.8) is 0 Å². The summed E-state index contributed by atoms with van der Waals surface area (Å²) >= 11 is 0. The SMILES string of the molecule is CC(C)(C)OC(=O)Nc1ccccc1NC(=O)/C=C/c1cnn(CCOc2cc(F)cc(F)c2)c1. The number of carbonyl (C=O) groups is 2. The first-order valence-corrected chi connectivity index (χ1v) is 10.8. The highest BCUT2D eigenvalue weighted by molar-refractivity contribution is 6.04. The Labute approximate surface area is 201 Å². The van der Waals surface area contributed by atoms with Crippen LogP contribution in [0, 0.1) is 11.6 Å². The monoisotopic (exact) mass is 484 g/mol. The van der Waals surface area contributed by atoms with Gasteiger partial charge in [-0.2, -0.15) is 5.10 Å². The van der Waals surface area contributed by atoms with Gasteiger partial charge in [0.25, 0.3) is 0 Å². The van der Waals surface area contributed by atoms with Crippen molar-refractivity contribution < 1.29 is 27.8 Å². The molecule has 0 saturated heterocycles. The van der Waals surface area contributed by atoms with E-state index >= 15 is 0 Å². The molecule has 2 amide bonds. The minimum atomic E-state index is -0.715. The van der Waals surface area contributed by atoms with Crippen LogP contribution in [0.25, 0.3) is 6.08 Å². The zero-order valence-corrected chi connectivity index (χ0v) is 19.5. The van der Waals surface area contributed by atoms with Gasteiger partial charge >= 0.3 is 6.09 Å². The molecule has 3 aromatic rings. The molecule has 10 heteroatoms. The average Bonchev–Trinajstić information content (AvgIpc) is 3.19.